The summed E-state index contributed by atoms with van der Waals surface area (Å²) in [6.45, 7) is 1.56. The van der Waals surface area contributed by atoms with Crippen LogP contribution in [0.3, 0.4) is 0 Å². The maximum Gasteiger partial charge on any atom is 0.573 e. The first kappa shape index (κ1) is 21.8. The zero-order valence-corrected chi connectivity index (χ0v) is 14.9. The van der Waals surface area contributed by atoms with Crippen molar-refractivity contribution in [3.8, 4) is 5.75 Å². The summed E-state index contributed by atoms with van der Waals surface area (Å²) >= 11 is 0. The zero-order chi connectivity index (χ0) is 21.3. The number of sulfonamides is 1. The number of halogens is 6. The molecule has 0 aliphatic heterocycles. The van der Waals surface area contributed by atoms with E-state index in [1.807, 2.05) is 0 Å². The Hall–Kier alpha value is -2.47. The number of ether oxygens (including phenoxy) is 1. The van der Waals surface area contributed by atoms with Gasteiger partial charge in [-0.15, -0.1) is 13.2 Å². The van der Waals surface area contributed by atoms with Gasteiger partial charge in [0.25, 0.3) is 0 Å². The molecule has 0 radical (unpaired) electrons. The highest BCUT2D eigenvalue weighted by molar-refractivity contribution is 7.89. The van der Waals surface area contributed by atoms with Crippen molar-refractivity contribution in [3.63, 3.8) is 0 Å². The van der Waals surface area contributed by atoms with Crippen molar-refractivity contribution >= 4 is 15.7 Å². The van der Waals surface area contributed by atoms with Crippen LogP contribution in [0, 0.1) is 0 Å². The van der Waals surface area contributed by atoms with Crippen LogP contribution >= 0.6 is 0 Å². The fourth-order valence-corrected chi connectivity index (χ4v) is 3.12. The maximum absolute atomic E-state index is 13.1. The predicted molar refractivity (Wildman–Crippen MR) is 88.0 cm³/mol. The second kappa shape index (κ2) is 7.51. The van der Waals surface area contributed by atoms with Crippen LogP contribution < -0.4 is 15.2 Å². The van der Waals surface area contributed by atoms with Crippen molar-refractivity contribution in [2.24, 2.45) is 5.14 Å². The molecule has 0 fully saturated rings. The first-order chi connectivity index (χ1) is 12.7. The number of primary sulfonamides is 1. The molecule has 1 atom stereocenters. The van der Waals surface area contributed by atoms with Gasteiger partial charge in [-0.05, 0) is 42.8 Å². The molecule has 0 aliphatic rings. The Morgan fingerprint density at radius 1 is 1.00 bits per heavy atom. The number of hydrogen-bond acceptors (Lipinski definition) is 4. The Bertz CT molecular complexity index is 940. The van der Waals surface area contributed by atoms with E-state index >= 15 is 0 Å². The lowest BCUT2D eigenvalue weighted by molar-refractivity contribution is -0.274. The van der Waals surface area contributed by atoms with Gasteiger partial charge in [-0.2, -0.15) is 13.2 Å². The minimum Gasteiger partial charge on any atom is -0.406 e. The third-order valence-corrected chi connectivity index (χ3v) is 4.56. The van der Waals surface area contributed by atoms with Gasteiger partial charge in [0, 0.05) is 11.7 Å². The standard InChI is InChI=1S/C16H14F6N2O3S/c1-9(10-2-5-12(6-3-10)27-16(20,21)22)24-11-4-7-14(28(23,25)26)13(8-11)15(17,18)19/h2-9,24H,1H3,(H2,23,25,26)/t9-/m0/s1. The second-order valence-corrected chi connectivity index (χ2v) is 7.27. The van der Waals surface area contributed by atoms with E-state index in [0.29, 0.717) is 11.6 Å². The molecule has 0 spiro atoms. The second-order valence-electron chi connectivity index (χ2n) is 5.74. The van der Waals surface area contributed by atoms with Crippen molar-refractivity contribution in [1.82, 2.24) is 0 Å². The van der Waals surface area contributed by atoms with Crippen LogP contribution in [0.25, 0.3) is 0 Å². The zero-order valence-electron chi connectivity index (χ0n) is 14.1. The summed E-state index contributed by atoms with van der Waals surface area (Å²) in [5.41, 5.74) is -1.03. The van der Waals surface area contributed by atoms with Crippen LogP contribution in [0.4, 0.5) is 32.0 Å². The Balaban J connectivity index is 2.25. The fraction of sp³-hybridized carbons (Fsp3) is 0.250. The van der Waals surface area contributed by atoms with E-state index < -0.39 is 44.8 Å². The quantitative estimate of drug-likeness (QED) is 0.691. The normalized spacial score (nSPS) is 13.9. The highest BCUT2D eigenvalue weighted by atomic mass is 32.2. The first-order valence-electron chi connectivity index (χ1n) is 7.53. The van der Waals surface area contributed by atoms with Gasteiger partial charge in [0.05, 0.1) is 10.5 Å². The lowest BCUT2D eigenvalue weighted by Gasteiger charge is -2.19. The Morgan fingerprint density at radius 3 is 2.04 bits per heavy atom. The summed E-state index contributed by atoms with van der Waals surface area (Å²) in [4.78, 5) is -1.06. The molecule has 0 unspecified atom stereocenters. The molecule has 2 aromatic carbocycles. The maximum atomic E-state index is 13.1. The largest absolute Gasteiger partial charge is 0.573 e. The number of alkyl halides is 6. The van der Waals surface area contributed by atoms with Gasteiger partial charge in [0.15, 0.2) is 0 Å². The first-order valence-corrected chi connectivity index (χ1v) is 9.08. The average molecular weight is 428 g/mol. The highest BCUT2D eigenvalue weighted by Crippen LogP contribution is 2.36. The molecule has 2 rings (SSSR count). The van der Waals surface area contributed by atoms with E-state index in [-0.39, 0.29) is 5.69 Å². The summed E-state index contributed by atoms with van der Waals surface area (Å²) < 4.78 is 102. The van der Waals surface area contributed by atoms with E-state index in [2.05, 4.69) is 10.1 Å². The van der Waals surface area contributed by atoms with Crippen molar-refractivity contribution in [1.29, 1.82) is 0 Å². The molecule has 12 heteroatoms. The minimum atomic E-state index is -4.96. The SMILES string of the molecule is C[C@H](Nc1ccc(S(N)(=O)=O)c(C(F)(F)F)c1)c1ccc(OC(F)(F)F)cc1. The van der Waals surface area contributed by atoms with Gasteiger partial charge < -0.3 is 10.1 Å². The molecule has 0 bridgehead atoms. The van der Waals surface area contributed by atoms with E-state index in [0.717, 1.165) is 24.3 Å². The highest BCUT2D eigenvalue weighted by Gasteiger charge is 2.36. The lowest BCUT2D eigenvalue weighted by atomic mass is 10.1. The van der Waals surface area contributed by atoms with E-state index in [4.69, 9.17) is 5.14 Å². The van der Waals surface area contributed by atoms with Gasteiger partial charge in [0.2, 0.25) is 10.0 Å². The topological polar surface area (TPSA) is 81.4 Å². The Morgan fingerprint density at radius 2 is 1.57 bits per heavy atom. The molecular weight excluding hydrogens is 414 g/mol. The van der Waals surface area contributed by atoms with Gasteiger partial charge in [-0.25, -0.2) is 13.6 Å². The molecule has 5 nitrogen and oxygen atoms in total. The van der Waals surface area contributed by atoms with Gasteiger partial charge in [-0.1, -0.05) is 12.1 Å². The summed E-state index contributed by atoms with van der Waals surface area (Å²) in [6, 6.07) is 6.56. The number of rotatable bonds is 5. The van der Waals surface area contributed by atoms with Crippen LogP contribution in [0.15, 0.2) is 47.4 Å². The molecule has 2 aromatic rings. The van der Waals surface area contributed by atoms with Crippen LogP contribution in [0.1, 0.15) is 24.1 Å². The summed E-state index contributed by atoms with van der Waals surface area (Å²) in [5, 5.41) is 7.53. The molecule has 28 heavy (non-hydrogen) atoms. The van der Waals surface area contributed by atoms with Gasteiger partial charge in [0.1, 0.15) is 5.75 Å². The van der Waals surface area contributed by atoms with Crippen LogP contribution in [-0.4, -0.2) is 14.8 Å². The fourth-order valence-electron chi connectivity index (χ4n) is 2.38. The summed E-state index contributed by atoms with van der Waals surface area (Å²) in [5.74, 6) is -0.444. The van der Waals surface area contributed by atoms with Gasteiger partial charge in [-0.3, -0.25) is 0 Å². The van der Waals surface area contributed by atoms with Crippen molar-refractivity contribution in [2.45, 2.75) is 30.4 Å². The molecule has 0 amide bonds. The third-order valence-electron chi connectivity index (χ3n) is 3.59. The number of benzene rings is 2. The molecule has 0 aliphatic carbocycles. The Kier molecular flexibility index (Phi) is 5.85. The summed E-state index contributed by atoms with van der Waals surface area (Å²) in [6.07, 6.45) is -9.80. The average Bonchev–Trinajstić information content (AvgIpc) is 2.52. The predicted octanol–water partition coefficient (Wildman–Crippen LogP) is 4.42. The molecule has 0 saturated heterocycles. The molecule has 0 aromatic heterocycles. The lowest BCUT2D eigenvalue weighted by Crippen LogP contribution is -2.19. The van der Waals surface area contributed by atoms with E-state index in [9.17, 15) is 34.8 Å². The number of hydrogen-bond donors (Lipinski definition) is 2. The minimum absolute atomic E-state index is 0.0529. The number of nitrogens with one attached hydrogen (secondary N) is 1. The molecular formula is C16H14F6N2O3S. The molecule has 3 N–H and O–H groups in total. The molecule has 154 valence electrons. The number of anilines is 1. The number of nitrogens with two attached hydrogens (primary N) is 1. The van der Waals surface area contributed by atoms with Crippen LogP contribution in [0.5, 0.6) is 5.75 Å². The van der Waals surface area contributed by atoms with Crippen molar-refractivity contribution < 1.29 is 39.5 Å². The summed E-state index contributed by atoms with van der Waals surface area (Å²) in [7, 11) is -4.59. The van der Waals surface area contributed by atoms with Gasteiger partial charge >= 0.3 is 12.5 Å². The molecule has 0 heterocycles. The van der Waals surface area contributed by atoms with Crippen molar-refractivity contribution in [3.05, 3.63) is 53.6 Å². The van der Waals surface area contributed by atoms with E-state index in [1.165, 1.54) is 12.1 Å². The van der Waals surface area contributed by atoms with Crippen LogP contribution in [0.2, 0.25) is 0 Å². The van der Waals surface area contributed by atoms with Crippen molar-refractivity contribution in [2.75, 3.05) is 5.32 Å². The molecule has 0 saturated carbocycles. The monoisotopic (exact) mass is 428 g/mol. The Labute approximate surface area is 156 Å². The van der Waals surface area contributed by atoms with Crippen LogP contribution in [-0.2, 0) is 16.2 Å². The third kappa shape index (κ3) is 5.76. The van der Waals surface area contributed by atoms with E-state index in [1.54, 1.807) is 6.92 Å². The smallest absolute Gasteiger partial charge is 0.406 e.